The molecule has 3 atom stereocenters. The van der Waals surface area contributed by atoms with Gasteiger partial charge in [0.2, 0.25) is 5.91 Å². The second-order valence-electron chi connectivity index (χ2n) is 21.7. The maximum absolute atomic E-state index is 13.0. The second-order valence-corrected chi connectivity index (χ2v) is 23.2. The Morgan fingerprint density at radius 3 is 1.13 bits per heavy atom. The van der Waals surface area contributed by atoms with Crippen LogP contribution < -0.4 is 5.32 Å². The number of aliphatic hydroxyl groups excluding tert-OH is 1. The number of aliphatic hydroxyl groups is 1. The van der Waals surface area contributed by atoms with Crippen molar-refractivity contribution in [2.75, 3.05) is 40.9 Å². The molecule has 0 spiro atoms. The standard InChI is InChI=1S/C67H117N2O6P/c1-6-8-10-12-14-16-18-20-22-24-26-28-29-30-31-32-33-34-35-36-37-38-39-41-43-45-47-49-51-53-55-57-59-61-67(71)68-65(64-75-76(72,73)74-63-62-69(3,4)5)66(70)60-58-56-54-52-50-48-46-44-42-40-27-25-23-21-19-17-15-13-11-9-7-2/h8,10,14,16,20,22,26,28,30-31,33-34,36-37,39,41,45,47,51,53,65-66,70H,6-7,9,11-13,15,17-19,21,23-25,27,29,32,35,38,40,42-44,46,48-50,52,54-64H2,1-5H3,(H-,68,71,72,73)/p+1/b10-8-,16-14-,22-20-,28-26-,31-30-,34-33-,37-36-,41-39-,47-45-,53-51-. The quantitative estimate of drug-likeness (QED) is 0.0243. The van der Waals surface area contributed by atoms with Gasteiger partial charge in [0.1, 0.15) is 13.2 Å². The summed E-state index contributed by atoms with van der Waals surface area (Å²) < 4.78 is 23.8. The summed E-state index contributed by atoms with van der Waals surface area (Å²) in [5.74, 6) is -0.189. The van der Waals surface area contributed by atoms with Gasteiger partial charge < -0.3 is 19.8 Å². The summed E-state index contributed by atoms with van der Waals surface area (Å²) in [7, 11) is 1.57. The summed E-state index contributed by atoms with van der Waals surface area (Å²) in [5, 5.41) is 14.1. The lowest BCUT2D eigenvalue weighted by Crippen LogP contribution is -2.46. The zero-order chi connectivity index (χ0) is 55.6. The minimum atomic E-state index is -4.35. The largest absolute Gasteiger partial charge is 0.472 e. The number of phosphoric acid groups is 1. The van der Waals surface area contributed by atoms with Crippen molar-refractivity contribution in [3.8, 4) is 0 Å². The molecule has 0 aromatic rings. The van der Waals surface area contributed by atoms with E-state index in [2.05, 4.69) is 141 Å². The zero-order valence-corrected chi connectivity index (χ0v) is 50.6. The first-order valence-electron chi connectivity index (χ1n) is 30.9. The summed E-state index contributed by atoms with van der Waals surface area (Å²) >= 11 is 0. The van der Waals surface area contributed by atoms with Crippen LogP contribution in [0.3, 0.4) is 0 Å². The van der Waals surface area contributed by atoms with Gasteiger partial charge >= 0.3 is 7.82 Å². The molecule has 0 rings (SSSR count). The normalized spacial score (nSPS) is 14.7. The van der Waals surface area contributed by atoms with Crippen LogP contribution in [0.1, 0.15) is 245 Å². The number of likely N-dealkylation sites (N-methyl/N-ethyl adjacent to an activating group) is 1. The number of unbranched alkanes of at least 4 members (excludes halogenated alkanes) is 22. The fourth-order valence-corrected chi connectivity index (χ4v) is 9.16. The third-order valence-corrected chi connectivity index (χ3v) is 14.2. The molecular weight excluding hydrogens is 960 g/mol. The number of allylic oxidation sites excluding steroid dienone is 20. The van der Waals surface area contributed by atoms with Crippen LogP contribution >= 0.6 is 7.82 Å². The number of amides is 1. The molecule has 0 aliphatic rings. The molecule has 1 amide bonds. The van der Waals surface area contributed by atoms with Crippen molar-refractivity contribution in [3.63, 3.8) is 0 Å². The van der Waals surface area contributed by atoms with E-state index in [9.17, 15) is 19.4 Å². The minimum absolute atomic E-state index is 0.0596. The van der Waals surface area contributed by atoms with Crippen LogP contribution in [0.4, 0.5) is 0 Å². The summed E-state index contributed by atoms with van der Waals surface area (Å²) in [4.78, 5) is 23.4. The van der Waals surface area contributed by atoms with Crippen molar-refractivity contribution < 1.29 is 32.9 Å². The highest BCUT2D eigenvalue weighted by Crippen LogP contribution is 2.43. The Morgan fingerprint density at radius 2 is 0.789 bits per heavy atom. The number of carbonyl (C=O) groups is 1. The monoisotopic (exact) mass is 1080 g/mol. The molecule has 0 saturated carbocycles. The van der Waals surface area contributed by atoms with Crippen molar-refractivity contribution in [1.29, 1.82) is 0 Å². The third kappa shape index (κ3) is 58.6. The number of rotatable bonds is 55. The van der Waals surface area contributed by atoms with Gasteiger partial charge in [0.25, 0.3) is 0 Å². The maximum Gasteiger partial charge on any atom is 0.472 e. The molecule has 0 radical (unpaired) electrons. The van der Waals surface area contributed by atoms with Crippen LogP contribution in [0.15, 0.2) is 122 Å². The predicted octanol–water partition coefficient (Wildman–Crippen LogP) is 19.3. The first kappa shape index (κ1) is 72.9. The molecule has 0 aliphatic heterocycles. The number of nitrogens with one attached hydrogen (secondary N) is 1. The van der Waals surface area contributed by atoms with E-state index in [1.54, 1.807) is 0 Å². The molecule has 0 heterocycles. The lowest BCUT2D eigenvalue weighted by Gasteiger charge is -2.26. The van der Waals surface area contributed by atoms with Gasteiger partial charge in [-0.3, -0.25) is 13.8 Å². The number of hydrogen-bond donors (Lipinski definition) is 3. The Kier molecular flexibility index (Phi) is 54.3. The molecule has 8 nitrogen and oxygen atoms in total. The number of quaternary nitrogens is 1. The van der Waals surface area contributed by atoms with E-state index >= 15 is 0 Å². The highest BCUT2D eigenvalue weighted by atomic mass is 31.2. The van der Waals surface area contributed by atoms with Crippen molar-refractivity contribution in [2.24, 2.45) is 0 Å². The van der Waals surface area contributed by atoms with Gasteiger partial charge in [-0.15, -0.1) is 0 Å². The topological polar surface area (TPSA) is 105 Å². The van der Waals surface area contributed by atoms with Gasteiger partial charge in [-0.25, -0.2) is 4.57 Å². The summed E-state index contributed by atoms with van der Waals surface area (Å²) in [5.41, 5.74) is 0. The molecule has 0 aromatic carbocycles. The summed E-state index contributed by atoms with van der Waals surface area (Å²) in [6, 6.07) is -0.794. The number of carbonyl (C=O) groups excluding carboxylic acids is 1. The molecule has 9 heteroatoms. The van der Waals surface area contributed by atoms with Gasteiger partial charge in [0.15, 0.2) is 0 Å². The van der Waals surface area contributed by atoms with E-state index in [0.29, 0.717) is 30.3 Å². The first-order chi connectivity index (χ1) is 37.0. The molecule has 0 fully saturated rings. The highest BCUT2D eigenvalue weighted by molar-refractivity contribution is 7.47. The fraction of sp³-hybridized carbons (Fsp3) is 0.687. The van der Waals surface area contributed by atoms with Gasteiger partial charge in [-0.2, -0.15) is 0 Å². The number of hydrogen-bond acceptors (Lipinski definition) is 5. The lowest BCUT2D eigenvalue weighted by molar-refractivity contribution is -0.870. The number of nitrogens with zero attached hydrogens (tertiary/aromatic N) is 1. The summed E-state index contributed by atoms with van der Waals surface area (Å²) in [6.07, 6.45) is 84.1. The first-order valence-corrected chi connectivity index (χ1v) is 32.4. The van der Waals surface area contributed by atoms with Gasteiger partial charge in [0.05, 0.1) is 39.9 Å². The molecule has 0 saturated heterocycles. The van der Waals surface area contributed by atoms with Crippen LogP contribution in [-0.4, -0.2) is 73.4 Å². The van der Waals surface area contributed by atoms with Gasteiger partial charge in [0, 0.05) is 6.42 Å². The average molecular weight is 1080 g/mol. The Bertz CT molecular complexity index is 1650. The van der Waals surface area contributed by atoms with Crippen LogP contribution in [0.25, 0.3) is 0 Å². The smallest absolute Gasteiger partial charge is 0.391 e. The third-order valence-electron chi connectivity index (χ3n) is 13.2. The van der Waals surface area contributed by atoms with Crippen molar-refractivity contribution in [1.82, 2.24) is 5.32 Å². The van der Waals surface area contributed by atoms with Crippen molar-refractivity contribution in [3.05, 3.63) is 122 Å². The van der Waals surface area contributed by atoms with E-state index in [1.807, 2.05) is 21.1 Å². The van der Waals surface area contributed by atoms with Gasteiger partial charge in [-0.1, -0.05) is 270 Å². The highest BCUT2D eigenvalue weighted by Gasteiger charge is 2.28. The molecule has 3 unspecified atom stereocenters. The van der Waals surface area contributed by atoms with Gasteiger partial charge in [-0.05, 0) is 89.9 Å². The Hall–Kier alpha value is -3.10. The lowest BCUT2D eigenvalue weighted by atomic mass is 10.0. The Labute approximate surface area is 469 Å². The molecule has 0 aromatic heterocycles. The molecule has 3 N–H and O–H groups in total. The van der Waals surface area contributed by atoms with Crippen LogP contribution in [0.2, 0.25) is 0 Å². The summed E-state index contributed by atoms with van der Waals surface area (Å²) in [6.45, 7) is 4.75. The molecule has 0 bridgehead atoms. The second kappa shape index (κ2) is 56.6. The molecular formula is C67H118N2O6P+. The van der Waals surface area contributed by atoms with E-state index in [1.165, 1.54) is 116 Å². The van der Waals surface area contributed by atoms with Crippen LogP contribution in [0, 0.1) is 0 Å². The van der Waals surface area contributed by atoms with Crippen molar-refractivity contribution >= 4 is 13.7 Å². The fourth-order valence-electron chi connectivity index (χ4n) is 8.43. The Morgan fingerprint density at radius 1 is 0.461 bits per heavy atom. The Balaban J connectivity index is 4.28. The number of phosphoric ester groups is 1. The van der Waals surface area contributed by atoms with Crippen LogP contribution in [0.5, 0.6) is 0 Å². The molecule has 436 valence electrons. The average Bonchev–Trinajstić information content (AvgIpc) is 3.38. The SMILES string of the molecule is CC/C=C\C/C=C\C/C=C\C/C=C\C/C=C\C/C=C\C/C=C\C/C=C\C/C=C\C/C=C\CCCCC(=O)NC(COP(=O)(O)OCC[N+](C)(C)C)C(O)CCCCCCCCCCCCCCCCCCCCCCC. The van der Waals surface area contributed by atoms with E-state index < -0.39 is 20.0 Å². The van der Waals surface area contributed by atoms with Crippen molar-refractivity contribution in [2.45, 2.75) is 257 Å². The van der Waals surface area contributed by atoms with E-state index in [0.717, 1.165) is 96.3 Å². The molecule has 0 aliphatic carbocycles. The van der Waals surface area contributed by atoms with Crippen LogP contribution in [-0.2, 0) is 18.4 Å². The minimum Gasteiger partial charge on any atom is -0.391 e. The predicted molar refractivity (Wildman–Crippen MR) is 332 cm³/mol. The van der Waals surface area contributed by atoms with E-state index in [4.69, 9.17) is 9.05 Å². The zero-order valence-electron chi connectivity index (χ0n) is 49.7. The molecule has 76 heavy (non-hydrogen) atoms. The maximum atomic E-state index is 13.0. The van der Waals surface area contributed by atoms with E-state index in [-0.39, 0.29) is 19.1 Å².